The number of carbonyl (C=O) groups is 1. The lowest BCUT2D eigenvalue weighted by Gasteiger charge is -2.29. The molecule has 0 spiro atoms. The standard InChI is InChI=1S/C25H25N3O6/c1-15-13-19-21(24(29)27(15)12-11-16-7-4-3-5-8-16)20(22(23(26)34-19)25(30)33-2)17-9-6-10-18(14-17)28(31)32/h3-10,13-14,20,28,31H,11-12,26H2,1-2H3/t20-/m0/s1. The minimum absolute atomic E-state index is 0.0184. The monoisotopic (exact) mass is 463 g/mol. The fraction of sp³-hybridized carbons (Fsp3) is 0.200. The third-order valence-corrected chi connectivity index (χ3v) is 5.91. The van der Waals surface area contributed by atoms with E-state index in [-0.39, 0.29) is 34.0 Å². The van der Waals surface area contributed by atoms with Crippen LogP contribution in [0.15, 0.2) is 76.9 Å². The highest BCUT2D eigenvalue weighted by atomic mass is 16.8. The molecule has 2 aromatic carbocycles. The van der Waals surface area contributed by atoms with E-state index in [2.05, 4.69) is 0 Å². The summed E-state index contributed by atoms with van der Waals surface area (Å²) in [7, 11) is 1.20. The van der Waals surface area contributed by atoms with E-state index in [1.807, 2.05) is 30.3 Å². The number of nitrogens with zero attached hydrogens (tertiary/aromatic N) is 1. The molecule has 1 aliphatic rings. The molecule has 1 aromatic heterocycles. The molecule has 0 fully saturated rings. The smallest absolute Gasteiger partial charge is 0.340 e. The second-order valence-electron chi connectivity index (χ2n) is 7.99. The number of ether oxygens (including phenoxy) is 2. The van der Waals surface area contributed by atoms with Crippen molar-refractivity contribution in [1.29, 1.82) is 0 Å². The summed E-state index contributed by atoms with van der Waals surface area (Å²) < 4.78 is 12.2. The van der Waals surface area contributed by atoms with Crippen molar-refractivity contribution in [3.63, 3.8) is 0 Å². The first-order valence-electron chi connectivity index (χ1n) is 10.7. The Labute approximate surface area is 195 Å². The van der Waals surface area contributed by atoms with Crippen molar-refractivity contribution in [3.05, 3.63) is 110 Å². The van der Waals surface area contributed by atoms with Gasteiger partial charge in [0.25, 0.3) is 5.56 Å². The summed E-state index contributed by atoms with van der Waals surface area (Å²) in [5.41, 5.74) is 8.10. The number of aromatic nitrogens is 1. The van der Waals surface area contributed by atoms with Crippen molar-refractivity contribution < 1.29 is 24.7 Å². The van der Waals surface area contributed by atoms with E-state index in [1.54, 1.807) is 29.7 Å². The maximum Gasteiger partial charge on any atom is 0.340 e. The number of rotatable bonds is 6. The third kappa shape index (κ3) is 4.32. The number of nitrogens with two attached hydrogens (primary N) is 1. The molecule has 4 rings (SSSR count). The number of benzene rings is 2. The minimum Gasteiger partial charge on any atom is -0.595 e. The summed E-state index contributed by atoms with van der Waals surface area (Å²) in [6.45, 7) is 2.21. The van der Waals surface area contributed by atoms with Crippen LogP contribution in [0.4, 0.5) is 5.69 Å². The fourth-order valence-electron chi connectivity index (χ4n) is 4.24. The largest absolute Gasteiger partial charge is 0.595 e. The fourth-order valence-corrected chi connectivity index (χ4v) is 4.24. The van der Waals surface area contributed by atoms with Crippen LogP contribution >= 0.6 is 0 Å². The Bertz CT molecular complexity index is 1310. The first kappa shape index (κ1) is 23.2. The quantitative estimate of drug-likeness (QED) is 0.374. The van der Waals surface area contributed by atoms with Gasteiger partial charge in [0.1, 0.15) is 11.3 Å². The van der Waals surface area contributed by atoms with Crippen LogP contribution in [0.3, 0.4) is 0 Å². The molecule has 9 nitrogen and oxygen atoms in total. The Hall–Kier alpha value is -3.92. The van der Waals surface area contributed by atoms with Crippen molar-refractivity contribution in [2.24, 2.45) is 5.73 Å². The van der Waals surface area contributed by atoms with Crippen LogP contribution < -0.4 is 21.3 Å². The number of aryl methyl sites for hydroxylation is 2. The molecule has 3 aromatic rings. The summed E-state index contributed by atoms with van der Waals surface area (Å²) in [4.78, 5) is 26.5. The van der Waals surface area contributed by atoms with Gasteiger partial charge in [-0.15, -0.1) is 0 Å². The number of carbonyl (C=O) groups excluding carboxylic acids is 1. The molecule has 2 atom stereocenters. The first-order chi connectivity index (χ1) is 16.3. The maximum absolute atomic E-state index is 13.8. The van der Waals surface area contributed by atoms with Crippen LogP contribution in [-0.4, -0.2) is 22.9 Å². The van der Waals surface area contributed by atoms with Crippen molar-refractivity contribution in [2.75, 3.05) is 7.11 Å². The predicted octanol–water partition coefficient (Wildman–Crippen LogP) is 1.67. The number of fused-ring (bicyclic) bond motifs is 1. The van der Waals surface area contributed by atoms with Gasteiger partial charge in [0, 0.05) is 30.4 Å². The SMILES string of the molecule is COC(=O)C1=C(N)Oc2cc(C)n(CCc3ccccc3)c(=O)c2[C@@H]1c1cccc([NH+]([O-])O)c1. The molecule has 9 heteroatoms. The Morgan fingerprint density at radius 2 is 1.94 bits per heavy atom. The molecule has 2 heterocycles. The molecular weight excluding hydrogens is 438 g/mol. The Kier molecular flexibility index (Phi) is 6.51. The van der Waals surface area contributed by atoms with Gasteiger partial charge < -0.3 is 25.0 Å². The van der Waals surface area contributed by atoms with E-state index in [0.29, 0.717) is 24.2 Å². The minimum atomic E-state index is -1.13. The van der Waals surface area contributed by atoms with Gasteiger partial charge in [0.2, 0.25) is 5.88 Å². The van der Waals surface area contributed by atoms with Gasteiger partial charge in [-0.3, -0.25) is 4.79 Å². The van der Waals surface area contributed by atoms with Gasteiger partial charge >= 0.3 is 5.97 Å². The van der Waals surface area contributed by atoms with Crippen LogP contribution in [0, 0.1) is 12.1 Å². The Morgan fingerprint density at radius 3 is 2.62 bits per heavy atom. The molecule has 176 valence electrons. The zero-order valence-electron chi connectivity index (χ0n) is 18.8. The van der Waals surface area contributed by atoms with Gasteiger partial charge in [0.05, 0.1) is 18.6 Å². The average Bonchev–Trinajstić information content (AvgIpc) is 2.83. The highest BCUT2D eigenvalue weighted by Gasteiger charge is 2.38. The van der Waals surface area contributed by atoms with Crippen LogP contribution in [0.2, 0.25) is 0 Å². The van der Waals surface area contributed by atoms with Gasteiger partial charge in [-0.2, -0.15) is 5.23 Å². The van der Waals surface area contributed by atoms with E-state index in [0.717, 1.165) is 5.56 Å². The van der Waals surface area contributed by atoms with Gasteiger partial charge in [-0.1, -0.05) is 42.5 Å². The van der Waals surface area contributed by atoms with E-state index in [4.69, 9.17) is 15.2 Å². The van der Waals surface area contributed by atoms with Gasteiger partial charge in [-0.05, 0) is 24.5 Å². The Balaban J connectivity index is 1.88. The number of pyridine rings is 1. The molecule has 0 radical (unpaired) electrons. The number of hydrogen-bond acceptors (Lipinski definition) is 7. The summed E-state index contributed by atoms with van der Waals surface area (Å²) >= 11 is 0. The number of methoxy groups -OCH3 is 1. The van der Waals surface area contributed by atoms with Crippen molar-refractivity contribution in [2.45, 2.75) is 25.8 Å². The number of hydrogen-bond donors (Lipinski definition) is 3. The van der Waals surface area contributed by atoms with Crippen LogP contribution in [0.25, 0.3) is 0 Å². The second kappa shape index (κ2) is 9.52. The van der Waals surface area contributed by atoms with Crippen molar-refractivity contribution in [1.82, 2.24) is 4.57 Å². The average molecular weight is 463 g/mol. The lowest BCUT2D eigenvalue weighted by atomic mass is 9.83. The molecule has 0 amide bonds. The summed E-state index contributed by atoms with van der Waals surface area (Å²) in [6.07, 6.45) is 0.627. The number of quaternary nitrogens is 1. The maximum atomic E-state index is 13.8. The van der Waals surface area contributed by atoms with E-state index in [9.17, 15) is 20.0 Å². The molecule has 0 saturated heterocycles. The third-order valence-electron chi connectivity index (χ3n) is 5.91. The van der Waals surface area contributed by atoms with Gasteiger partial charge in [-0.25, -0.2) is 10.0 Å². The number of esters is 1. The molecule has 0 bridgehead atoms. The molecule has 0 aliphatic carbocycles. The topological polar surface area (TPSA) is 131 Å². The van der Waals surface area contributed by atoms with Crippen LogP contribution in [0.5, 0.6) is 5.75 Å². The number of nitrogens with one attached hydrogen (secondary N) is 1. The zero-order chi connectivity index (χ0) is 24.4. The predicted molar refractivity (Wildman–Crippen MR) is 124 cm³/mol. The summed E-state index contributed by atoms with van der Waals surface area (Å²) in [6, 6.07) is 17.5. The molecular formula is C25H25N3O6. The van der Waals surface area contributed by atoms with Crippen molar-refractivity contribution in [3.8, 4) is 5.75 Å². The highest BCUT2D eigenvalue weighted by Crippen LogP contribution is 2.41. The van der Waals surface area contributed by atoms with Crippen LogP contribution in [-0.2, 0) is 22.5 Å². The molecule has 0 saturated carbocycles. The van der Waals surface area contributed by atoms with Crippen molar-refractivity contribution >= 4 is 11.7 Å². The van der Waals surface area contributed by atoms with E-state index >= 15 is 0 Å². The second-order valence-corrected chi connectivity index (χ2v) is 7.99. The Morgan fingerprint density at radius 1 is 1.21 bits per heavy atom. The van der Waals surface area contributed by atoms with E-state index in [1.165, 1.54) is 19.2 Å². The molecule has 4 N–H and O–H groups in total. The van der Waals surface area contributed by atoms with E-state index < -0.39 is 17.1 Å². The lowest BCUT2D eigenvalue weighted by Crippen LogP contribution is -2.99. The molecule has 34 heavy (non-hydrogen) atoms. The lowest BCUT2D eigenvalue weighted by molar-refractivity contribution is -0.991. The highest BCUT2D eigenvalue weighted by molar-refractivity contribution is 5.92. The summed E-state index contributed by atoms with van der Waals surface area (Å²) in [5, 5.41) is 19.9. The van der Waals surface area contributed by atoms with Crippen LogP contribution in [0.1, 0.15) is 28.3 Å². The normalized spacial score (nSPS) is 15.9. The molecule has 1 unspecified atom stereocenters. The first-order valence-corrected chi connectivity index (χ1v) is 10.7. The van der Waals surface area contributed by atoms with Gasteiger partial charge in [0.15, 0.2) is 5.69 Å². The molecule has 1 aliphatic heterocycles. The summed E-state index contributed by atoms with van der Waals surface area (Å²) in [5.74, 6) is -1.67. The zero-order valence-corrected chi connectivity index (χ0v) is 18.8.